The number of hydrogen-bond donors (Lipinski definition) is 3. The Morgan fingerprint density at radius 2 is 0.462 bits per heavy atom. The van der Waals surface area contributed by atoms with Gasteiger partial charge in [-0.2, -0.15) is 0 Å². The van der Waals surface area contributed by atoms with Gasteiger partial charge >= 0.3 is 79.5 Å². The number of rotatable bonds is 28. The fourth-order valence-corrected chi connectivity index (χ4v) is 63.0. The Morgan fingerprint density at radius 1 is 0.286 bits per heavy atom. The largest absolute Gasteiger partial charge is 0.515 e. The molecule has 480 valence electrons. The normalized spacial score (nSPS) is 26.1. The predicted molar refractivity (Wildman–Crippen MR) is 367 cm³/mol. The third kappa shape index (κ3) is 16.2. The molecule has 3 saturated heterocycles. The zero-order valence-corrected chi connectivity index (χ0v) is 62.2. The van der Waals surface area contributed by atoms with Crippen molar-refractivity contribution < 1.29 is 79.1 Å². The Morgan fingerprint density at radius 3 is 0.648 bits per heavy atom. The first kappa shape index (κ1) is 68.5. The maximum atomic E-state index is 12.1. The Kier molecular flexibility index (Phi) is 21.6. The number of carboxylic acids is 3. The molecular formula is C63H80O18Si10. The molecule has 91 heavy (non-hydrogen) atoms. The summed E-state index contributed by atoms with van der Waals surface area (Å²) in [6, 6.07) is 67.7. The van der Waals surface area contributed by atoms with Crippen LogP contribution in [0.5, 0.6) is 0 Å². The van der Waals surface area contributed by atoms with Gasteiger partial charge in [0, 0.05) is 55.6 Å². The maximum Gasteiger partial charge on any atom is 0.515 e. The van der Waals surface area contributed by atoms with Crippen LogP contribution in [0.1, 0.15) is 57.8 Å². The Hall–Kier alpha value is -5.36. The average Bonchev–Trinajstić information content (AvgIpc) is 0.703. The summed E-state index contributed by atoms with van der Waals surface area (Å²) in [6.45, 7) is 12.4. The van der Waals surface area contributed by atoms with E-state index in [4.69, 9.17) is 49.4 Å². The van der Waals surface area contributed by atoms with E-state index in [2.05, 4.69) is 39.3 Å². The number of hydrogen-bond acceptors (Lipinski definition) is 15. The van der Waals surface area contributed by atoms with Gasteiger partial charge in [0.15, 0.2) is 25.0 Å². The van der Waals surface area contributed by atoms with Gasteiger partial charge < -0.3 is 64.7 Å². The number of unbranched alkanes of at least 4 members (excludes halogenated alkanes) is 3. The van der Waals surface area contributed by atoms with Crippen LogP contribution in [0.15, 0.2) is 212 Å². The summed E-state index contributed by atoms with van der Waals surface area (Å²) in [4.78, 5) is 36.2. The van der Waals surface area contributed by atoms with Crippen LogP contribution in [0.3, 0.4) is 0 Å². The molecule has 3 heterocycles. The molecule has 0 amide bonds. The third-order valence-corrected chi connectivity index (χ3v) is 57.0. The van der Waals surface area contributed by atoms with Gasteiger partial charge in [0.25, 0.3) is 0 Å². The molecule has 0 aromatic heterocycles. The molecule has 0 atom stereocenters. The van der Waals surface area contributed by atoms with Crippen LogP contribution in [0.2, 0.25) is 57.4 Å². The first-order valence-electron chi connectivity index (χ1n) is 30.9. The highest BCUT2D eigenvalue weighted by atomic mass is 28.6. The molecule has 18 nitrogen and oxygen atoms in total. The van der Waals surface area contributed by atoms with Crippen LogP contribution in [-0.2, 0) is 63.8 Å². The van der Waals surface area contributed by atoms with Gasteiger partial charge in [-0.15, -0.1) is 0 Å². The van der Waals surface area contributed by atoms with Crippen LogP contribution in [0.4, 0.5) is 0 Å². The van der Waals surface area contributed by atoms with Crippen molar-refractivity contribution in [3.63, 3.8) is 0 Å². The topological polar surface area (TPSA) is 223 Å². The van der Waals surface area contributed by atoms with Crippen molar-refractivity contribution in [2.45, 2.75) is 115 Å². The van der Waals surface area contributed by atoms with Gasteiger partial charge in [-0.3, -0.25) is 14.4 Å². The Balaban J connectivity index is 1.40. The van der Waals surface area contributed by atoms with E-state index in [0.717, 1.165) is 0 Å². The van der Waals surface area contributed by atoms with Crippen molar-refractivity contribution in [3.8, 4) is 0 Å². The fraction of sp³-hybridized carbons (Fsp3) is 0.286. The van der Waals surface area contributed by atoms with Gasteiger partial charge in [-0.1, -0.05) is 232 Å². The minimum Gasteiger partial charge on any atom is -0.481 e. The monoisotopic (exact) mass is 1400 g/mol. The third-order valence-electron chi connectivity index (χ3n) is 15.8. The zero-order chi connectivity index (χ0) is 64.5. The molecule has 7 aromatic rings. The highest BCUT2D eigenvalue weighted by Crippen LogP contribution is 2.45. The van der Waals surface area contributed by atoms with Crippen molar-refractivity contribution in [1.82, 2.24) is 0 Å². The summed E-state index contributed by atoms with van der Waals surface area (Å²) in [5.74, 6) is -2.70. The van der Waals surface area contributed by atoms with Crippen LogP contribution in [0.25, 0.3) is 0 Å². The fourth-order valence-electron chi connectivity index (χ4n) is 11.5. The summed E-state index contributed by atoms with van der Waals surface area (Å²) in [5, 5.41) is 33.0. The molecular weight excluding hydrogens is 1330 g/mol. The molecule has 3 aliphatic heterocycles. The molecule has 0 radical (unpaired) electrons. The SMILES string of the molecule is C[Si](C)(CCCCC(=O)O)O[Si]1(c2ccccc2)O[Si]2(c3ccccc3)O[Si](O[Si](C)(C)CCCCC(=O)O)(c3ccccc3)O[Si]3(c4ccccc4)O[Si](O[Si](C)(C)CCCCC(=O)O)(c4ccccc4)O[Si](c4ccccc4)(O1)O[Si](c1ccccc1)(O2)O3. The highest BCUT2D eigenvalue weighted by Gasteiger charge is 2.81. The van der Waals surface area contributed by atoms with Crippen LogP contribution in [-0.4, -0.2) is 120 Å². The zero-order valence-electron chi connectivity index (χ0n) is 52.2. The number of benzene rings is 7. The summed E-state index contributed by atoms with van der Waals surface area (Å²) in [6.07, 6.45) is 2.59. The van der Waals surface area contributed by atoms with E-state index >= 15 is 0 Å². The molecule has 0 aliphatic carbocycles. The predicted octanol–water partition coefficient (Wildman–Crippen LogP) is 8.53. The minimum atomic E-state index is -5.15. The molecule has 3 N–H and O–H groups in total. The van der Waals surface area contributed by atoms with E-state index in [0.29, 0.717) is 93.0 Å². The number of fused-ring (bicyclic) bond motifs is 3. The second-order valence-corrected chi connectivity index (χ2v) is 58.4. The van der Waals surface area contributed by atoms with Gasteiger partial charge in [-0.05, 0) is 76.7 Å². The Bertz CT molecular complexity index is 3180. The lowest BCUT2D eigenvalue weighted by atomic mass is 10.2. The van der Waals surface area contributed by atoms with Crippen molar-refractivity contribution >= 4 is 141 Å². The second kappa shape index (κ2) is 28.7. The molecule has 10 rings (SSSR count). The molecule has 28 heteroatoms. The maximum absolute atomic E-state index is 12.1. The van der Waals surface area contributed by atoms with Gasteiger partial charge in [-0.25, -0.2) is 0 Å². The van der Waals surface area contributed by atoms with E-state index in [1.807, 2.05) is 212 Å². The first-order chi connectivity index (χ1) is 43.5. The van der Waals surface area contributed by atoms with Crippen molar-refractivity contribution in [1.29, 1.82) is 0 Å². The van der Waals surface area contributed by atoms with Crippen molar-refractivity contribution in [2.75, 3.05) is 0 Å². The van der Waals surface area contributed by atoms with Crippen LogP contribution >= 0.6 is 0 Å². The summed E-state index contributed by atoms with van der Waals surface area (Å²) in [7, 11) is -45.4. The van der Waals surface area contributed by atoms with Crippen molar-refractivity contribution in [2.24, 2.45) is 0 Å². The first-order valence-corrected chi connectivity index (χ1v) is 52.3. The van der Waals surface area contributed by atoms with Gasteiger partial charge in [0.05, 0.1) is 0 Å². The van der Waals surface area contributed by atoms with Crippen molar-refractivity contribution in [3.05, 3.63) is 212 Å². The number of aliphatic carboxylic acids is 3. The quantitative estimate of drug-likeness (QED) is 0.0309. The lowest BCUT2D eigenvalue weighted by molar-refractivity contribution is -0.138. The molecule has 3 aliphatic rings. The van der Waals surface area contributed by atoms with Gasteiger partial charge in [0.1, 0.15) is 0 Å². The average molecular weight is 1410 g/mol. The highest BCUT2D eigenvalue weighted by molar-refractivity contribution is 7.11. The molecule has 7 aromatic carbocycles. The molecule has 0 unspecified atom stereocenters. The van der Waals surface area contributed by atoms with E-state index in [-0.39, 0.29) is 19.3 Å². The lowest BCUT2D eigenvalue weighted by Crippen LogP contribution is -2.92. The summed E-state index contributed by atoms with van der Waals surface area (Å²) >= 11 is 0. The van der Waals surface area contributed by atoms with E-state index in [1.54, 1.807) is 0 Å². The number of carboxylic acid groups (broad SMARTS) is 3. The molecule has 0 saturated carbocycles. The summed E-state index contributed by atoms with van der Waals surface area (Å²) < 4.78 is 101. The van der Waals surface area contributed by atoms with E-state index in [1.165, 1.54) is 0 Å². The van der Waals surface area contributed by atoms with Gasteiger partial charge in [0.2, 0.25) is 0 Å². The smallest absolute Gasteiger partial charge is 0.481 e. The Labute approximate surface area is 543 Å². The van der Waals surface area contributed by atoms with Crippen LogP contribution in [0, 0.1) is 0 Å². The lowest BCUT2D eigenvalue weighted by Gasteiger charge is -2.59. The summed E-state index contributed by atoms with van der Waals surface area (Å²) in [5.41, 5.74) is 0. The van der Waals surface area contributed by atoms with E-state index in [9.17, 15) is 29.7 Å². The number of carbonyl (C=O) groups is 3. The van der Waals surface area contributed by atoms with E-state index < -0.39 is 104 Å². The minimum absolute atomic E-state index is 0.0347. The van der Waals surface area contributed by atoms with Crippen LogP contribution < -0.4 is 36.3 Å². The molecule has 0 spiro atoms. The second-order valence-electron chi connectivity index (χ2n) is 24.8. The standard InChI is InChI=1S/C63H80O18Si10/c1-82(2,51-31-28-48-61(64)65)70-85(54-34-14-7-15-35-54)73-88(57-40-20-10-21-41-57)75-86(55-36-16-8-17-37-55,71-83(3,4)52-32-29-49-62(66)67)77-90(59-44-24-12-25-45-59)78-87(56-38-18-9-19-39-56,72-84(5,6)53-33-30-50-63(68)69)76-89(74-85,58-42-22-11-23-43-58)80-91(79-88,81-90)60-46-26-13-27-47-60/h7-27,34-47H,28-33,48-53H2,1-6H3,(H,64,65)(H,66,67)(H,68,69). The molecule has 4 bridgehead atoms. The molecule has 3 fully saturated rings.